The minimum Gasteiger partial charge on any atom is -0.351 e. The number of likely N-dealkylation sites (tertiary alicyclic amines) is 1. The summed E-state index contributed by atoms with van der Waals surface area (Å²) in [4.78, 5) is 19.0. The highest BCUT2D eigenvalue weighted by atomic mass is 19.1. The second-order valence-corrected chi connectivity index (χ2v) is 10.2. The number of aromatic nitrogens is 5. The summed E-state index contributed by atoms with van der Waals surface area (Å²) in [5.41, 5.74) is 2.15. The van der Waals surface area contributed by atoms with Gasteiger partial charge in [0, 0.05) is 29.4 Å². The molecule has 192 valence electrons. The van der Waals surface area contributed by atoms with E-state index < -0.39 is 5.67 Å². The lowest BCUT2D eigenvalue weighted by atomic mass is 9.97. The van der Waals surface area contributed by atoms with Gasteiger partial charge in [-0.25, -0.2) is 18.7 Å². The third-order valence-corrected chi connectivity index (χ3v) is 7.62. The molecule has 1 fully saturated rings. The first-order valence-corrected chi connectivity index (χ1v) is 13.0. The highest BCUT2D eigenvalue weighted by molar-refractivity contribution is 5.96. The number of piperidine rings is 1. The molecule has 1 unspecified atom stereocenters. The van der Waals surface area contributed by atoms with E-state index in [-0.39, 0.29) is 12.4 Å². The Hall–Kier alpha value is -3.07. The number of hydrogen-bond donors (Lipinski definition) is 2. The van der Waals surface area contributed by atoms with Gasteiger partial charge in [0.2, 0.25) is 5.95 Å². The number of halogens is 2. The highest BCUT2D eigenvalue weighted by Gasteiger charge is 2.27. The molecule has 0 aliphatic carbocycles. The fourth-order valence-electron chi connectivity index (χ4n) is 5.45. The number of aromatic amines is 1. The molecule has 9 heteroatoms. The number of nitrogens with zero attached hydrogens (tertiary/aromatic N) is 5. The Kier molecular flexibility index (Phi) is 6.68. The van der Waals surface area contributed by atoms with Gasteiger partial charge in [0.25, 0.3) is 0 Å². The summed E-state index contributed by atoms with van der Waals surface area (Å²) in [6.45, 7) is 7.99. The molecular formula is C27H35F2N7. The summed E-state index contributed by atoms with van der Waals surface area (Å²) < 4.78 is 32.4. The van der Waals surface area contributed by atoms with E-state index >= 15 is 4.39 Å². The number of nitrogens with one attached hydrogen (secondary N) is 2. The average Bonchev–Trinajstić information content (AvgIpc) is 3.44. The summed E-state index contributed by atoms with van der Waals surface area (Å²) in [5.74, 6) is 0.883. The Morgan fingerprint density at radius 2 is 1.97 bits per heavy atom. The Labute approximate surface area is 210 Å². The van der Waals surface area contributed by atoms with Crippen molar-refractivity contribution >= 4 is 28.0 Å². The minimum atomic E-state index is -1.28. The maximum absolute atomic E-state index is 15.3. The Bertz CT molecular complexity index is 1370. The lowest BCUT2D eigenvalue weighted by Crippen LogP contribution is -2.31. The molecule has 36 heavy (non-hydrogen) atoms. The van der Waals surface area contributed by atoms with Crippen LogP contribution in [0.5, 0.6) is 0 Å². The summed E-state index contributed by atoms with van der Waals surface area (Å²) in [6, 6.07) is 3.86. The molecule has 1 aromatic carbocycles. The van der Waals surface area contributed by atoms with Gasteiger partial charge < -0.3 is 19.8 Å². The molecule has 0 bridgehead atoms. The van der Waals surface area contributed by atoms with Crippen molar-refractivity contribution in [2.75, 3.05) is 32.0 Å². The third kappa shape index (κ3) is 4.56. The number of benzene rings is 1. The van der Waals surface area contributed by atoms with Gasteiger partial charge >= 0.3 is 0 Å². The van der Waals surface area contributed by atoms with Crippen LogP contribution in [0.25, 0.3) is 33.2 Å². The van der Waals surface area contributed by atoms with E-state index in [0.29, 0.717) is 36.0 Å². The fourth-order valence-corrected chi connectivity index (χ4v) is 5.45. The summed E-state index contributed by atoms with van der Waals surface area (Å²) in [7, 11) is 2.13. The van der Waals surface area contributed by atoms with Crippen LogP contribution in [0.15, 0.2) is 24.5 Å². The number of anilines is 1. The third-order valence-electron chi connectivity index (χ3n) is 7.62. The zero-order chi connectivity index (χ0) is 25.4. The summed E-state index contributed by atoms with van der Waals surface area (Å²) in [6.07, 6.45) is 7.28. The van der Waals surface area contributed by atoms with Gasteiger partial charge in [0.15, 0.2) is 5.82 Å². The maximum Gasteiger partial charge on any atom is 0.224 e. The molecule has 7 nitrogen and oxygen atoms in total. The number of hydrogen-bond acceptors (Lipinski definition) is 5. The summed E-state index contributed by atoms with van der Waals surface area (Å²) >= 11 is 0. The monoisotopic (exact) mass is 495 g/mol. The summed E-state index contributed by atoms with van der Waals surface area (Å²) in [5, 5.41) is 3.84. The molecule has 0 spiro atoms. The van der Waals surface area contributed by atoms with Crippen LogP contribution in [0.4, 0.5) is 14.7 Å². The zero-order valence-corrected chi connectivity index (χ0v) is 21.5. The molecule has 3 aromatic heterocycles. The molecule has 4 aromatic rings. The van der Waals surface area contributed by atoms with Crippen LogP contribution in [-0.4, -0.2) is 61.8 Å². The van der Waals surface area contributed by atoms with Crippen molar-refractivity contribution < 1.29 is 8.78 Å². The largest absolute Gasteiger partial charge is 0.351 e. The smallest absolute Gasteiger partial charge is 0.224 e. The number of rotatable bonds is 8. The number of alkyl halides is 1. The molecule has 5 rings (SSSR count). The predicted molar refractivity (Wildman–Crippen MR) is 141 cm³/mol. The van der Waals surface area contributed by atoms with E-state index in [9.17, 15) is 4.39 Å². The van der Waals surface area contributed by atoms with E-state index in [1.807, 2.05) is 33.0 Å². The second-order valence-electron chi connectivity index (χ2n) is 10.2. The lowest BCUT2D eigenvalue weighted by molar-refractivity contribution is 0.158. The van der Waals surface area contributed by atoms with Crippen LogP contribution < -0.4 is 5.32 Å². The molecule has 0 radical (unpaired) electrons. The molecule has 2 N–H and O–H groups in total. The fraction of sp³-hybridized carbons (Fsp3) is 0.519. The van der Waals surface area contributed by atoms with E-state index in [4.69, 9.17) is 0 Å². The quantitative estimate of drug-likeness (QED) is 0.313. The Morgan fingerprint density at radius 3 is 2.69 bits per heavy atom. The van der Waals surface area contributed by atoms with Crippen LogP contribution in [0.2, 0.25) is 0 Å². The Morgan fingerprint density at radius 1 is 1.19 bits per heavy atom. The van der Waals surface area contributed by atoms with Crippen LogP contribution in [0, 0.1) is 12.7 Å². The van der Waals surface area contributed by atoms with Crippen LogP contribution in [-0.2, 0) is 0 Å². The normalized spacial score (nSPS) is 17.2. The predicted octanol–water partition coefficient (Wildman–Crippen LogP) is 6.02. The molecule has 0 amide bonds. The van der Waals surface area contributed by atoms with Gasteiger partial charge in [-0.15, -0.1) is 0 Å². The second kappa shape index (κ2) is 9.76. The van der Waals surface area contributed by atoms with Crippen LogP contribution >= 0.6 is 0 Å². The average molecular weight is 496 g/mol. The van der Waals surface area contributed by atoms with Crippen molar-refractivity contribution in [3.8, 4) is 11.1 Å². The van der Waals surface area contributed by atoms with E-state index in [1.54, 1.807) is 6.20 Å². The van der Waals surface area contributed by atoms with Gasteiger partial charge in [-0.3, -0.25) is 0 Å². The van der Waals surface area contributed by atoms with Gasteiger partial charge in [-0.2, -0.15) is 4.98 Å². The van der Waals surface area contributed by atoms with Crippen molar-refractivity contribution in [3.63, 3.8) is 0 Å². The van der Waals surface area contributed by atoms with E-state index in [0.717, 1.165) is 60.2 Å². The van der Waals surface area contributed by atoms with Crippen molar-refractivity contribution in [2.45, 2.75) is 64.6 Å². The van der Waals surface area contributed by atoms with Crippen molar-refractivity contribution in [1.29, 1.82) is 0 Å². The van der Waals surface area contributed by atoms with Crippen molar-refractivity contribution in [1.82, 2.24) is 29.4 Å². The van der Waals surface area contributed by atoms with Crippen LogP contribution in [0.1, 0.15) is 57.8 Å². The molecular weight excluding hydrogens is 460 g/mol. The zero-order valence-electron chi connectivity index (χ0n) is 21.5. The topological polar surface area (TPSA) is 74.7 Å². The molecule has 1 aliphatic heterocycles. The Balaban J connectivity index is 1.47. The molecule has 1 aliphatic rings. The molecule has 4 heterocycles. The molecule has 1 saturated heterocycles. The van der Waals surface area contributed by atoms with Gasteiger partial charge in [0.05, 0.1) is 12.1 Å². The standard InChI is InChI=1S/C27H35F2N7/c1-5-9-27(29,6-2)16-32-26-31-15-21-20(14-30-25(21)34-26)18-12-22(28)24-23(13-18)36(17(3)33-24)19-7-10-35(4)11-8-19/h12-15,19H,5-11,16H2,1-4H3,(H2,30,31,32,34). The highest BCUT2D eigenvalue weighted by Crippen LogP contribution is 2.35. The van der Waals surface area contributed by atoms with E-state index in [2.05, 4.69) is 41.8 Å². The first kappa shape index (κ1) is 24.6. The van der Waals surface area contributed by atoms with Crippen molar-refractivity contribution in [2.24, 2.45) is 0 Å². The van der Waals surface area contributed by atoms with E-state index in [1.165, 1.54) is 6.07 Å². The number of aryl methyl sites for hydroxylation is 1. The first-order chi connectivity index (χ1) is 17.3. The number of H-pyrrole nitrogens is 1. The SMILES string of the molecule is CCCC(F)(CC)CNc1ncc2c(-c3cc(F)c4nc(C)n(C5CCN(C)CC5)c4c3)c[nH]c2n1. The number of imidazole rings is 1. The number of fused-ring (bicyclic) bond motifs is 2. The lowest BCUT2D eigenvalue weighted by Gasteiger charge is -2.30. The first-order valence-electron chi connectivity index (χ1n) is 13.0. The van der Waals surface area contributed by atoms with Crippen LogP contribution in [0.3, 0.4) is 0 Å². The molecule has 0 saturated carbocycles. The minimum absolute atomic E-state index is 0.165. The van der Waals surface area contributed by atoms with Crippen molar-refractivity contribution in [3.05, 3.63) is 36.2 Å². The maximum atomic E-state index is 15.3. The molecule has 1 atom stereocenters. The van der Waals surface area contributed by atoms with Gasteiger partial charge in [-0.05, 0) is 70.4 Å². The van der Waals surface area contributed by atoms with Gasteiger partial charge in [0.1, 0.15) is 22.7 Å². The van der Waals surface area contributed by atoms with Gasteiger partial charge in [-0.1, -0.05) is 20.3 Å².